The summed E-state index contributed by atoms with van der Waals surface area (Å²) >= 11 is 0. The molecule has 0 fully saturated rings. The lowest BCUT2D eigenvalue weighted by Crippen LogP contribution is -2.53. The molecule has 66 heavy (non-hydrogen) atoms. The van der Waals surface area contributed by atoms with Gasteiger partial charge in [-0.3, -0.25) is 4.79 Å². The fourth-order valence-electron chi connectivity index (χ4n) is 9.18. The summed E-state index contributed by atoms with van der Waals surface area (Å²) < 4.78 is 0. The van der Waals surface area contributed by atoms with Crippen LogP contribution in [0.5, 0.6) is 0 Å². The van der Waals surface area contributed by atoms with Gasteiger partial charge in [0.15, 0.2) is 0 Å². The standard InChI is InChI=1S/C60H115NO5/c1-3-5-7-9-11-13-15-17-19-21-23-25-27-29-31-33-35-37-39-41-43-45-47-49-51-53-57(63)59(65)56(55-62)61-60(66)58(64)54-52-50-48-46-44-42-40-38-36-34-32-30-28-26-24-22-20-18-16-14-12-10-8-6-4-2/h30,32,37,39,45,47,56-59,62-65H,3-29,31,33-36,38,40-44,46,48-55H2,1-2H3,(H,61,66)/b32-30-,39-37+,47-45+. The van der Waals surface area contributed by atoms with Gasteiger partial charge >= 0.3 is 0 Å². The molecule has 0 aliphatic heterocycles. The van der Waals surface area contributed by atoms with Crippen LogP contribution in [0, 0.1) is 0 Å². The van der Waals surface area contributed by atoms with Crippen LogP contribution in [0.4, 0.5) is 0 Å². The van der Waals surface area contributed by atoms with Gasteiger partial charge in [-0.05, 0) is 77.0 Å². The predicted octanol–water partition coefficient (Wildman–Crippen LogP) is 17.2. The molecule has 0 aromatic carbocycles. The first-order valence-electron chi connectivity index (χ1n) is 29.4. The molecule has 4 atom stereocenters. The minimum Gasteiger partial charge on any atom is -0.394 e. The van der Waals surface area contributed by atoms with Gasteiger partial charge in [-0.1, -0.05) is 269 Å². The number of rotatable bonds is 54. The molecule has 390 valence electrons. The molecule has 0 rings (SSSR count). The second kappa shape index (κ2) is 54.5. The van der Waals surface area contributed by atoms with E-state index < -0.39 is 36.9 Å². The molecule has 0 aromatic heterocycles. The third kappa shape index (κ3) is 47.6. The normalized spacial score (nSPS) is 14.0. The van der Waals surface area contributed by atoms with Crippen molar-refractivity contribution in [1.82, 2.24) is 5.32 Å². The highest BCUT2D eigenvalue weighted by Gasteiger charge is 2.28. The number of nitrogens with one attached hydrogen (secondary N) is 1. The van der Waals surface area contributed by atoms with Gasteiger partial charge in [0.1, 0.15) is 12.2 Å². The molecular formula is C60H115NO5. The zero-order chi connectivity index (χ0) is 48.1. The van der Waals surface area contributed by atoms with Crippen LogP contribution < -0.4 is 5.32 Å². The van der Waals surface area contributed by atoms with Gasteiger partial charge in [0.2, 0.25) is 5.91 Å². The largest absolute Gasteiger partial charge is 0.394 e. The molecule has 6 heteroatoms. The molecule has 0 aliphatic carbocycles. The van der Waals surface area contributed by atoms with Crippen LogP contribution in [0.1, 0.15) is 309 Å². The van der Waals surface area contributed by atoms with Crippen LogP contribution in [0.15, 0.2) is 36.5 Å². The summed E-state index contributed by atoms with van der Waals surface area (Å²) in [5.41, 5.74) is 0. The maximum Gasteiger partial charge on any atom is 0.249 e. The molecule has 0 bridgehead atoms. The number of aliphatic hydroxyl groups is 4. The minimum absolute atomic E-state index is 0.358. The first-order valence-corrected chi connectivity index (χ1v) is 29.4. The van der Waals surface area contributed by atoms with Gasteiger partial charge in [-0.15, -0.1) is 0 Å². The predicted molar refractivity (Wildman–Crippen MR) is 288 cm³/mol. The number of unbranched alkanes of at least 4 members (excludes halogenated alkanes) is 39. The highest BCUT2D eigenvalue weighted by molar-refractivity contribution is 5.80. The Bertz CT molecular complexity index is 1040. The molecule has 5 N–H and O–H groups in total. The van der Waals surface area contributed by atoms with Crippen molar-refractivity contribution in [2.75, 3.05) is 6.61 Å². The van der Waals surface area contributed by atoms with Crippen molar-refractivity contribution in [2.45, 2.75) is 334 Å². The lowest BCUT2D eigenvalue weighted by atomic mass is 10.00. The number of carbonyl (C=O) groups excluding carboxylic acids is 1. The van der Waals surface area contributed by atoms with Crippen molar-refractivity contribution in [1.29, 1.82) is 0 Å². The summed E-state index contributed by atoms with van der Waals surface area (Å²) in [6.45, 7) is 4.08. The van der Waals surface area contributed by atoms with Gasteiger partial charge in [0.25, 0.3) is 0 Å². The Balaban J connectivity index is 3.68. The number of hydrogen-bond acceptors (Lipinski definition) is 5. The quantitative estimate of drug-likeness (QED) is 0.0308. The van der Waals surface area contributed by atoms with Gasteiger partial charge in [-0.25, -0.2) is 0 Å². The summed E-state index contributed by atoms with van der Waals surface area (Å²) in [4.78, 5) is 12.6. The first kappa shape index (κ1) is 64.5. The van der Waals surface area contributed by atoms with Crippen LogP contribution >= 0.6 is 0 Å². The van der Waals surface area contributed by atoms with Gasteiger partial charge in [0.05, 0.1) is 18.8 Å². The topological polar surface area (TPSA) is 110 Å². The number of hydrogen-bond donors (Lipinski definition) is 5. The van der Waals surface area contributed by atoms with E-state index in [0.717, 1.165) is 38.5 Å². The molecule has 6 nitrogen and oxygen atoms in total. The zero-order valence-electron chi connectivity index (χ0n) is 44.2. The van der Waals surface area contributed by atoms with Crippen molar-refractivity contribution >= 4 is 5.91 Å². The SMILES string of the molecule is CCCCCCCCCCCCCC/C=C\CCCCCCCCCCCC(O)C(=O)NC(CO)C(O)C(O)CCC/C=C/CC/C=C/CCCCCCCCCCCCCCCCCC. The Kier molecular flexibility index (Phi) is 53.3. The van der Waals surface area contributed by atoms with E-state index >= 15 is 0 Å². The second-order valence-electron chi connectivity index (χ2n) is 20.3. The highest BCUT2D eigenvalue weighted by atomic mass is 16.3. The smallest absolute Gasteiger partial charge is 0.249 e. The number of amides is 1. The summed E-state index contributed by atoms with van der Waals surface area (Å²) in [5, 5.41) is 44.0. The van der Waals surface area contributed by atoms with E-state index in [1.807, 2.05) is 0 Å². The maximum atomic E-state index is 12.6. The summed E-state index contributed by atoms with van der Waals surface area (Å²) in [6, 6.07) is -1.01. The van der Waals surface area contributed by atoms with Crippen molar-refractivity contribution < 1.29 is 25.2 Å². The lowest BCUT2D eigenvalue weighted by Gasteiger charge is -2.27. The first-order chi connectivity index (χ1) is 32.5. The molecule has 0 aromatic rings. The Hall–Kier alpha value is -1.47. The Labute approximate surface area is 411 Å². The van der Waals surface area contributed by atoms with E-state index in [1.54, 1.807) is 0 Å². The van der Waals surface area contributed by atoms with Crippen molar-refractivity contribution in [3.63, 3.8) is 0 Å². The van der Waals surface area contributed by atoms with Crippen molar-refractivity contribution in [3.8, 4) is 0 Å². The van der Waals surface area contributed by atoms with E-state index in [1.165, 1.54) is 238 Å². The van der Waals surface area contributed by atoms with E-state index in [9.17, 15) is 25.2 Å². The Morgan fingerprint density at radius 1 is 0.364 bits per heavy atom. The third-order valence-electron chi connectivity index (χ3n) is 13.8. The second-order valence-corrected chi connectivity index (χ2v) is 20.3. The lowest BCUT2D eigenvalue weighted by molar-refractivity contribution is -0.132. The average molecular weight is 931 g/mol. The van der Waals surface area contributed by atoms with Crippen LogP contribution in [0.2, 0.25) is 0 Å². The summed E-state index contributed by atoms with van der Waals surface area (Å²) in [6.07, 6.45) is 67.9. The summed E-state index contributed by atoms with van der Waals surface area (Å²) in [5.74, 6) is -0.596. The molecule has 4 unspecified atom stereocenters. The molecule has 1 amide bonds. The molecule has 0 spiro atoms. The average Bonchev–Trinajstić information content (AvgIpc) is 3.32. The van der Waals surface area contributed by atoms with Crippen molar-refractivity contribution in [3.05, 3.63) is 36.5 Å². The van der Waals surface area contributed by atoms with Crippen LogP contribution in [0.3, 0.4) is 0 Å². The molecule has 0 heterocycles. The molecule has 0 radical (unpaired) electrons. The maximum absolute atomic E-state index is 12.6. The van der Waals surface area contributed by atoms with Crippen LogP contribution in [-0.2, 0) is 4.79 Å². The van der Waals surface area contributed by atoms with Crippen LogP contribution in [-0.4, -0.2) is 57.3 Å². The number of aliphatic hydroxyl groups excluding tert-OH is 4. The van der Waals surface area contributed by atoms with Gasteiger partial charge < -0.3 is 25.7 Å². The molecule has 0 saturated carbocycles. The van der Waals surface area contributed by atoms with Crippen molar-refractivity contribution in [2.24, 2.45) is 0 Å². The monoisotopic (exact) mass is 930 g/mol. The fourth-order valence-corrected chi connectivity index (χ4v) is 9.18. The van der Waals surface area contributed by atoms with Gasteiger partial charge in [0, 0.05) is 0 Å². The Morgan fingerprint density at radius 3 is 0.955 bits per heavy atom. The minimum atomic E-state index is -1.29. The Morgan fingerprint density at radius 2 is 0.636 bits per heavy atom. The third-order valence-corrected chi connectivity index (χ3v) is 13.8. The number of carbonyl (C=O) groups is 1. The summed E-state index contributed by atoms with van der Waals surface area (Å²) in [7, 11) is 0. The van der Waals surface area contributed by atoms with Gasteiger partial charge in [-0.2, -0.15) is 0 Å². The molecule has 0 aliphatic rings. The van der Waals surface area contributed by atoms with E-state index in [0.29, 0.717) is 19.3 Å². The molecule has 0 saturated heterocycles. The van der Waals surface area contributed by atoms with E-state index in [2.05, 4.69) is 55.6 Å². The highest BCUT2D eigenvalue weighted by Crippen LogP contribution is 2.17. The van der Waals surface area contributed by atoms with E-state index in [-0.39, 0.29) is 0 Å². The fraction of sp³-hybridized carbons (Fsp3) is 0.883. The van der Waals surface area contributed by atoms with Crippen LogP contribution in [0.25, 0.3) is 0 Å². The molecular weight excluding hydrogens is 815 g/mol. The van der Waals surface area contributed by atoms with E-state index in [4.69, 9.17) is 0 Å². The zero-order valence-corrected chi connectivity index (χ0v) is 44.2. The number of allylic oxidation sites excluding steroid dienone is 6.